The third-order valence-corrected chi connectivity index (χ3v) is 2.07. The number of pyridine rings is 1. The minimum absolute atomic E-state index is 0.110. The molecule has 0 radical (unpaired) electrons. The zero-order valence-electron chi connectivity index (χ0n) is 8.38. The smallest absolute Gasteiger partial charge is 0.181 e. The Kier molecular flexibility index (Phi) is 2.58. The Morgan fingerprint density at radius 2 is 1.93 bits per heavy atom. The van der Waals surface area contributed by atoms with Gasteiger partial charge in [-0.05, 0) is 24.6 Å². The Morgan fingerprint density at radius 3 is 2.60 bits per heavy atom. The summed E-state index contributed by atoms with van der Waals surface area (Å²) < 4.78 is 0. The maximum Gasteiger partial charge on any atom is 0.181 e. The average Bonchev–Trinajstić information content (AvgIpc) is 2.31. The quantitative estimate of drug-likeness (QED) is 0.805. The molecule has 2 rings (SSSR count). The first-order chi connectivity index (χ1) is 7.31. The molecule has 1 N–H and O–H groups in total. The van der Waals surface area contributed by atoms with Gasteiger partial charge in [0.2, 0.25) is 0 Å². The predicted molar refractivity (Wildman–Crippen MR) is 56.3 cm³/mol. The molecule has 0 aliphatic heterocycles. The van der Waals surface area contributed by atoms with Gasteiger partial charge in [0.05, 0.1) is 0 Å². The first-order valence-corrected chi connectivity index (χ1v) is 4.77. The van der Waals surface area contributed by atoms with Crippen LogP contribution in [-0.2, 0) is 6.42 Å². The maximum absolute atomic E-state index is 9.64. The lowest BCUT2D eigenvalue weighted by molar-refractivity contribution is 0.474. The summed E-state index contributed by atoms with van der Waals surface area (Å²) in [6, 6.07) is 5.14. The van der Waals surface area contributed by atoms with E-state index in [0.29, 0.717) is 11.5 Å². The monoisotopic (exact) mass is 201 g/mol. The summed E-state index contributed by atoms with van der Waals surface area (Å²) in [5.74, 6) is 0.559. The topological polar surface area (TPSA) is 58.9 Å². The van der Waals surface area contributed by atoms with Crippen molar-refractivity contribution >= 4 is 0 Å². The second-order valence-electron chi connectivity index (χ2n) is 3.10. The fourth-order valence-corrected chi connectivity index (χ4v) is 1.28. The molecule has 0 bridgehead atoms. The van der Waals surface area contributed by atoms with E-state index in [2.05, 4.69) is 15.0 Å². The number of aromatic nitrogens is 3. The van der Waals surface area contributed by atoms with Crippen molar-refractivity contribution in [1.82, 2.24) is 15.0 Å². The van der Waals surface area contributed by atoms with Crippen LogP contribution in [0.25, 0.3) is 11.5 Å². The third kappa shape index (κ3) is 1.93. The number of nitrogens with zero attached hydrogens (tertiary/aromatic N) is 3. The van der Waals surface area contributed by atoms with Crippen LogP contribution in [0.1, 0.15) is 12.6 Å². The van der Waals surface area contributed by atoms with Crippen LogP contribution in [0.4, 0.5) is 0 Å². The van der Waals surface area contributed by atoms with Crippen LogP contribution in [0.5, 0.6) is 5.75 Å². The highest BCUT2D eigenvalue weighted by Crippen LogP contribution is 2.23. The van der Waals surface area contributed by atoms with Crippen molar-refractivity contribution in [3.8, 4) is 17.3 Å². The summed E-state index contributed by atoms with van der Waals surface area (Å²) >= 11 is 0. The molecule has 0 fully saturated rings. The van der Waals surface area contributed by atoms with Crippen molar-refractivity contribution in [1.29, 1.82) is 0 Å². The lowest BCUT2D eigenvalue weighted by atomic mass is 10.2. The zero-order valence-corrected chi connectivity index (χ0v) is 8.38. The lowest BCUT2D eigenvalue weighted by Crippen LogP contribution is -1.94. The predicted octanol–water partition coefficient (Wildman–Crippen LogP) is 1.81. The minimum atomic E-state index is 0.110. The van der Waals surface area contributed by atoms with Crippen LogP contribution >= 0.6 is 0 Å². The largest absolute Gasteiger partial charge is 0.506 e. The van der Waals surface area contributed by atoms with Gasteiger partial charge in [-0.15, -0.1) is 0 Å². The van der Waals surface area contributed by atoms with Gasteiger partial charge in [-0.3, -0.25) is 0 Å². The molecular formula is C11H11N3O. The van der Waals surface area contributed by atoms with Crippen LogP contribution in [0.3, 0.4) is 0 Å². The number of hydrogen-bond acceptors (Lipinski definition) is 4. The van der Waals surface area contributed by atoms with E-state index >= 15 is 0 Å². The molecule has 0 aromatic carbocycles. The fraction of sp³-hybridized carbons (Fsp3) is 0.182. The van der Waals surface area contributed by atoms with E-state index in [4.69, 9.17) is 0 Å². The van der Waals surface area contributed by atoms with Gasteiger partial charge in [-0.25, -0.2) is 15.0 Å². The molecule has 2 aromatic rings. The second kappa shape index (κ2) is 4.04. The Morgan fingerprint density at radius 1 is 1.20 bits per heavy atom. The summed E-state index contributed by atoms with van der Waals surface area (Å²) in [5.41, 5.74) is 1.35. The van der Waals surface area contributed by atoms with Crippen molar-refractivity contribution < 1.29 is 5.11 Å². The molecule has 4 heteroatoms. The molecule has 0 unspecified atom stereocenters. The minimum Gasteiger partial charge on any atom is -0.506 e. The van der Waals surface area contributed by atoms with Crippen molar-refractivity contribution in [3.63, 3.8) is 0 Å². The van der Waals surface area contributed by atoms with Gasteiger partial charge in [0.25, 0.3) is 0 Å². The highest BCUT2D eigenvalue weighted by atomic mass is 16.3. The standard InChI is InChI=1S/C11H11N3O/c1-2-8-4-5-9(15)10(14-8)11-12-6-3-7-13-11/h3-7,15H,2H2,1H3. The number of hydrogen-bond donors (Lipinski definition) is 1. The van der Waals surface area contributed by atoms with E-state index in [1.165, 1.54) is 0 Å². The molecule has 0 spiro atoms. The van der Waals surface area contributed by atoms with Gasteiger partial charge in [0.1, 0.15) is 11.4 Å². The molecule has 76 valence electrons. The van der Waals surface area contributed by atoms with Crippen molar-refractivity contribution in [2.45, 2.75) is 13.3 Å². The van der Waals surface area contributed by atoms with Crippen molar-refractivity contribution in [2.75, 3.05) is 0 Å². The Balaban J connectivity index is 2.52. The van der Waals surface area contributed by atoms with E-state index in [1.54, 1.807) is 30.6 Å². The van der Waals surface area contributed by atoms with E-state index in [9.17, 15) is 5.11 Å². The van der Waals surface area contributed by atoms with E-state index < -0.39 is 0 Å². The summed E-state index contributed by atoms with van der Waals surface area (Å²) in [6.45, 7) is 2.01. The van der Waals surface area contributed by atoms with E-state index in [-0.39, 0.29) is 5.75 Å². The van der Waals surface area contributed by atoms with Crippen molar-refractivity contribution in [3.05, 3.63) is 36.3 Å². The van der Waals surface area contributed by atoms with Gasteiger partial charge >= 0.3 is 0 Å². The summed E-state index contributed by atoms with van der Waals surface area (Å²) in [4.78, 5) is 12.4. The second-order valence-corrected chi connectivity index (χ2v) is 3.10. The molecule has 0 atom stereocenters. The molecular weight excluding hydrogens is 190 g/mol. The summed E-state index contributed by atoms with van der Waals surface area (Å²) in [6.07, 6.45) is 4.07. The van der Waals surface area contributed by atoms with Gasteiger partial charge in [-0.1, -0.05) is 6.92 Å². The van der Waals surface area contributed by atoms with Crippen LogP contribution in [0.2, 0.25) is 0 Å². The molecule has 0 saturated carbocycles. The molecule has 0 aliphatic carbocycles. The number of rotatable bonds is 2. The third-order valence-electron chi connectivity index (χ3n) is 2.07. The molecule has 4 nitrogen and oxygen atoms in total. The molecule has 2 aromatic heterocycles. The molecule has 2 heterocycles. The number of aromatic hydroxyl groups is 1. The average molecular weight is 201 g/mol. The zero-order chi connectivity index (χ0) is 10.7. The fourth-order valence-electron chi connectivity index (χ4n) is 1.28. The van der Waals surface area contributed by atoms with Crippen molar-refractivity contribution in [2.24, 2.45) is 0 Å². The Bertz CT molecular complexity index is 457. The molecule has 0 saturated heterocycles. The van der Waals surface area contributed by atoms with Crippen LogP contribution in [0, 0.1) is 0 Å². The first kappa shape index (κ1) is 9.58. The summed E-state index contributed by atoms with van der Waals surface area (Å²) in [5, 5.41) is 9.64. The van der Waals surface area contributed by atoms with E-state index in [1.807, 2.05) is 6.92 Å². The lowest BCUT2D eigenvalue weighted by Gasteiger charge is -2.03. The summed E-state index contributed by atoms with van der Waals surface area (Å²) in [7, 11) is 0. The number of aryl methyl sites for hydroxylation is 1. The van der Waals surface area contributed by atoms with Gasteiger partial charge in [0.15, 0.2) is 5.82 Å². The highest BCUT2D eigenvalue weighted by molar-refractivity contribution is 5.58. The normalized spacial score (nSPS) is 10.2. The Hall–Kier alpha value is -1.97. The van der Waals surface area contributed by atoms with Gasteiger partial charge in [0, 0.05) is 18.1 Å². The molecule has 15 heavy (non-hydrogen) atoms. The maximum atomic E-state index is 9.64. The molecule has 0 amide bonds. The van der Waals surface area contributed by atoms with Gasteiger partial charge < -0.3 is 5.11 Å². The SMILES string of the molecule is CCc1ccc(O)c(-c2ncccn2)n1. The van der Waals surface area contributed by atoms with Gasteiger partial charge in [-0.2, -0.15) is 0 Å². The van der Waals surface area contributed by atoms with E-state index in [0.717, 1.165) is 12.1 Å². The molecule has 0 aliphatic rings. The Labute approximate surface area is 87.7 Å². The van der Waals surface area contributed by atoms with Crippen LogP contribution in [-0.4, -0.2) is 20.1 Å². The first-order valence-electron chi connectivity index (χ1n) is 4.77. The highest BCUT2D eigenvalue weighted by Gasteiger charge is 2.08. The van der Waals surface area contributed by atoms with Crippen LogP contribution in [0.15, 0.2) is 30.6 Å². The van der Waals surface area contributed by atoms with Crippen LogP contribution < -0.4 is 0 Å².